The van der Waals surface area contributed by atoms with Gasteiger partial charge in [-0.05, 0) is 23.8 Å². The summed E-state index contributed by atoms with van der Waals surface area (Å²) in [7, 11) is 3.02. The molecular weight excluding hydrogens is 282 g/mol. The SMILES string of the molecule is COC(=O)c1cccc(CNC(=O)c2cc(C#N)cn2C)c1. The molecular formula is C16H15N3O3. The van der Waals surface area contributed by atoms with Crippen LogP contribution in [0.25, 0.3) is 0 Å². The van der Waals surface area contributed by atoms with E-state index in [0.29, 0.717) is 16.8 Å². The molecule has 1 aromatic heterocycles. The van der Waals surface area contributed by atoms with E-state index in [0.717, 1.165) is 5.56 Å². The lowest BCUT2D eigenvalue weighted by Crippen LogP contribution is -2.24. The van der Waals surface area contributed by atoms with Crippen molar-refractivity contribution < 1.29 is 14.3 Å². The van der Waals surface area contributed by atoms with Crippen LogP contribution in [0.3, 0.4) is 0 Å². The van der Waals surface area contributed by atoms with Crippen LogP contribution in [0.2, 0.25) is 0 Å². The van der Waals surface area contributed by atoms with Crippen LogP contribution in [-0.2, 0) is 18.3 Å². The highest BCUT2D eigenvalue weighted by Crippen LogP contribution is 2.09. The van der Waals surface area contributed by atoms with Crippen LogP contribution < -0.4 is 5.32 Å². The van der Waals surface area contributed by atoms with Crippen molar-refractivity contribution in [2.45, 2.75) is 6.54 Å². The summed E-state index contributed by atoms with van der Waals surface area (Å²) in [5.74, 6) is -0.707. The van der Waals surface area contributed by atoms with Gasteiger partial charge in [0.15, 0.2) is 0 Å². The highest BCUT2D eigenvalue weighted by molar-refractivity contribution is 5.93. The average molecular weight is 297 g/mol. The lowest BCUT2D eigenvalue weighted by atomic mass is 10.1. The Bertz CT molecular complexity index is 756. The van der Waals surface area contributed by atoms with E-state index in [1.54, 1.807) is 42.1 Å². The number of nitrogens with one attached hydrogen (secondary N) is 1. The third-order valence-corrected chi connectivity index (χ3v) is 3.17. The summed E-state index contributed by atoms with van der Waals surface area (Å²) in [4.78, 5) is 23.6. The third kappa shape index (κ3) is 3.33. The molecule has 0 aliphatic carbocycles. The van der Waals surface area contributed by atoms with Gasteiger partial charge in [-0.15, -0.1) is 0 Å². The van der Waals surface area contributed by atoms with Crippen LogP contribution in [-0.4, -0.2) is 23.6 Å². The van der Waals surface area contributed by atoms with Gasteiger partial charge in [0, 0.05) is 19.8 Å². The van der Waals surface area contributed by atoms with Gasteiger partial charge in [-0.2, -0.15) is 5.26 Å². The molecule has 112 valence electrons. The van der Waals surface area contributed by atoms with Gasteiger partial charge in [0.1, 0.15) is 11.8 Å². The predicted molar refractivity (Wildman–Crippen MR) is 79.1 cm³/mol. The second-order valence-corrected chi connectivity index (χ2v) is 4.71. The molecule has 2 aromatic rings. The number of aryl methyl sites for hydroxylation is 1. The normalized spacial score (nSPS) is 9.86. The molecule has 0 saturated carbocycles. The van der Waals surface area contributed by atoms with Crippen molar-refractivity contribution >= 4 is 11.9 Å². The smallest absolute Gasteiger partial charge is 0.337 e. The summed E-state index contributed by atoms with van der Waals surface area (Å²) in [6.07, 6.45) is 1.59. The Balaban J connectivity index is 2.06. The molecule has 0 spiro atoms. The van der Waals surface area contributed by atoms with E-state index >= 15 is 0 Å². The van der Waals surface area contributed by atoms with Crippen molar-refractivity contribution in [3.8, 4) is 6.07 Å². The molecule has 0 radical (unpaired) electrons. The molecule has 0 fully saturated rings. The number of esters is 1. The number of methoxy groups -OCH3 is 1. The lowest BCUT2D eigenvalue weighted by Gasteiger charge is -2.07. The number of carbonyl (C=O) groups is 2. The van der Waals surface area contributed by atoms with E-state index in [2.05, 4.69) is 10.1 Å². The zero-order valence-corrected chi connectivity index (χ0v) is 12.3. The standard InChI is InChI=1S/C16H15N3O3/c1-19-10-12(8-17)7-14(19)15(20)18-9-11-4-3-5-13(6-11)16(21)22-2/h3-7,10H,9H2,1-2H3,(H,18,20). The fourth-order valence-electron chi connectivity index (χ4n) is 2.05. The Hall–Kier alpha value is -3.07. The van der Waals surface area contributed by atoms with Crippen LogP contribution in [0.1, 0.15) is 32.0 Å². The Morgan fingerprint density at radius 1 is 1.36 bits per heavy atom. The molecule has 0 unspecified atom stereocenters. The van der Waals surface area contributed by atoms with E-state index in [4.69, 9.17) is 5.26 Å². The summed E-state index contributed by atoms with van der Waals surface area (Å²) in [5, 5.41) is 11.6. The minimum absolute atomic E-state index is 0.275. The summed E-state index contributed by atoms with van der Waals surface area (Å²) >= 11 is 0. The van der Waals surface area contributed by atoms with E-state index in [1.165, 1.54) is 13.2 Å². The first-order valence-electron chi connectivity index (χ1n) is 6.57. The minimum atomic E-state index is -0.422. The predicted octanol–water partition coefficient (Wildman–Crippen LogP) is 1.61. The molecule has 0 bridgehead atoms. The average Bonchev–Trinajstić information content (AvgIpc) is 2.93. The van der Waals surface area contributed by atoms with E-state index in [9.17, 15) is 9.59 Å². The third-order valence-electron chi connectivity index (χ3n) is 3.17. The van der Waals surface area contributed by atoms with E-state index in [1.807, 2.05) is 6.07 Å². The fraction of sp³-hybridized carbons (Fsp3) is 0.188. The number of benzene rings is 1. The van der Waals surface area contributed by atoms with Crippen molar-refractivity contribution in [3.05, 3.63) is 58.9 Å². The van der Waals surface area contributed by atoms with Crippen LogP contribution in [0.15, 0.2) is 36.5 Å². The molecule has 1 N–H and O–H groups in total. The van der Waals surface area contributed by atoms with E-state index < -0.39 is 5.97 Å². The van der Waals surface area contributed by atoms with Gasteiger partial charge in [-0.25, -0.2) is 4.79 Å². The van der Waals surface area contributed by atoms with Gasteiger partial charge in [0.2, 0.25) is 0 Å². The van der Waals surface area contributed by atoms with Crippen LogP contribution in [0.4, 0.5) is 0 Å². The van der Waals surface area contributed by atoms with Gasteiger partial charge < -0.3 is 14.6 Å². The number of hydrogen-bond donors (Lipinski definition) is 1. The van der Waals surface area contributed by atoms with Crippen LogP contribution >= 0.6 is 0 Å². The first kappa shape index (κ1) is 15.3. The zero-order chi connectivity index (χ0) is 16.1. The highest BCUT2D eigenvalue weighted by Gasteiger charge is 2.12. The molecule has 22 heavy (non-hydrogen) atoms. The number of nitriles is 1. The number of hydrogen-bond acceptors (Lipinski definition) is 4. The second kappa shape index (κ2) is 6.59. The maximum atomic E-state index is 12.1. The van der Waals surface area contributed by atoms with Crippen LogP contribution in [0, 0.1) is 11.3 Å². The monoisotopic (exact) mass is 297 g/mol. The second-order valence-electron chi connectivity index (χ2n) is 4.71. The van der Waals surface area contributed by atoms with Gasteiger partial charge >= 0.3 is 5.97 Å². The summed E-state index contributed by atoms with van der Waals surface area (Å²) < 4.78 is 6.25. The Morgan fingerprint density at radius 3 is 2.77 bits per heavy atom. The molecule has 1 heterocycles. The van der Waals surface area contributed by atoms with E-state index in [-0.39, 0.29) is 12.5 Å². The molecule has 1 amide bonds. The number of rotatable bonds is 4. The largest absolute Gasteiger partial charge is 0.465 e. The molecule has 6 nitrogen and oxygen atoms in total. The molecule has 1 aromatic carbocycles. The quantitative estimate of drug-likeness (QED) is 0.869. The Labute approximate surface area is 127 Å². The van der Waals surface area contributed by atoms with Gasteiger partial charge in [0.25, 0.3) is 5.91 Å². The minimum Gasteiger partial charge on any atom is -0.465 e. The lowest BCUT2D eigenvalue weighted by molar-refractivity contribution is 0.0600. The molecule has 0 atom stereocenters. The number of ether oxygens (including phenoxy) is 1. The molecule has 0 saturated heterocycles. The Morgan fingerprint density at radius 2 is 2.14 bits per heavy atom. The summed E-state index contributed by atoms with van der Waals surface area (Å²) in [6.45, 7) is 0.275. The number of nitrogens with zero attached hydrogens (tertiary/aromatic N) is 2. The first-order valence-corrected chi connectivity index (χ1v) is 6.57. The van der Waals surface area contributed by atoms with Crippen LogP contribution in [0.5, 0.6) is 0 Å². The fourth-order valence-corrected chi connectivity index (χ4v) is 2.05. The van der Waals surface area contributed by atoms with Crippen molar-refractivity contribution in [1.29, 1.82) is 5.26 Å². The topological polar surface area (TPSA) is 84.1 Å². The summed E-state index contributed by atoms with van der Waals surface area (Å²) in [5.41, 5.74) is 2.05. The van der Waals surface area contributed by atoms with Crippen molar-refractivity contribution in [3.63, 3.8) is 0 Å². The maximum Gasteiger partial charge on any atom is 0.337 e. The van der Waals surface area contributed by atoms with Crippen molar-refractivity contribution in [2.75, 3.05) is 7.11 Å². The molecule has 0 aliphatic rings. The van der Waals surface area contributed by atoms with Gasteiger partial charge in [-0.1, -0.05) is 12.1 Å². The molecule has 2 rings (SSSR count). The maximum absolute atomic E-state index is 12.1. The zero-order valence-electron chi connectivity index (χ0n) is 12.3. The van der Waals surface area contributed by atoms with Gasteiger partial charge in [-0.3, -0.25) is 4.79 Å². The van der Waals surface area contributed by atoms with Crippen molar-refractivity contribution in [2.24, 2.45) is 7.05 Å². The number of carbonyl (C=O) groups excluding carboxylic acids is 2. The van der Waals surface area contributed by atoms with Gasteiger partial charge in [0.05, 0.1) is 18.2 Å². The number of aromatic nitrogens is 1. The first-order chi connectivity index (χ1) is 10.5. The Kier molecular flexibility index (Phi) is 4.59. The van der Waals surface area contributed by atoms with Crippen molar-refractivity contribution in [1.82, 2.24) is 9.88 Å². The highest BCUT2D eigenvalue weighted by atomic mass is 16.5. The summed E-state index contributed by atoms with van der Waals surface area (Å²) in [6, 6.07) is 10.4. The molecule has 6 heteroatoms. The molecule has 0 aliphatic heterocycles. The number of amides is 1.